The molecular weight excluding hydrogens is 369 g/mol. The lowest BCUT2D eigenvalue weighted by molar-refractivity contribution is 0.102. The molecule has 4 rings (SSSR count). The van der Waals surface area contributed by atoms with Crippen LogP contribution in [0.3, 0.4) is 0 Å². The number of halogens is 2. The first kappa shape index (κ1) is 16.9. The van der Waals surface area contributed by atoms with Crippen LogP contribution in [-0.4, -0.2) is 17.4 Å². The third-order valence-electron chi connectivity index (χ3n) is 4.36. The Morgan fingerprint density at radius 2 is 1.92 bits per heavy atom. The topological polar surface area (TPSA) is 45.2 Å². The van der Waals surface area contributed by atoms with Crippen LogP contribution in [0.4, 0.5) is 17.1 Å². The third kappa shape index (κ3) is 3.26. The van der Waals surface area contributed by atoms with Crippen molar-refractivity contribution in [1.82, 2.24) is 4.98 Å². The molecule has 1 amide bonds. The van der Waals surface area contributed by atoms with Crippen LogP contribution in [0.1, 0.15) is 15.9 Å². The number of hydrogen-bond acceptors (Lipinski definition) is 3. The fourth-order valence-electron chi connectivity index (χ4n) is 3.09. The molecule has 0 atom stereocenters. The zero-order valence-corrected chi connectivity index (χ0v) is 15.3. The molecule has 1 aromatic heterocycles. The Bertz CT molecular complexity index is 990. The first-order valence-electron chi connectivity index (χ1n) is 8.19. The maximum absolute atomic E-state index is 12.6. The van der Waals surface area contributed by atoms with E-state index in [-0.39, 0.29) is 5.91 Å². The summed E-state index contributed by atoms with van der Waals surface area (Å²) in [5.74, 6) is -0.281. The minimum absolute atomic E-state index is 0.281. The number of carbonyl (C=O) groups is 1. The summed E-state index contributed by atoms with van der Waals surface area (Å²) >= 11 is 12.1. The van der Waals surface area contributed by atoms with E-state index < -0.39 is 0 Å². The SMILES string of the molecule is O=C(Nc1cc(Cl)ccc1Cl)c1cncc(N2CCc3ccccc32)c1. The molecule has 26 heavy (non-hydrogen) atoms. The standard InChI is InChI=1S/C20H15Cl2N3O/c21-15-5-6-17(22)18(10-15)24-20(26)14-9-16(12-23-11-14)25-8-7-13-3-1-2-4-19(13)25/h1-6,9-12H,7-8H2,(H,24,26). The van der Waals surface area contributed by atoms with Gasteiger partial charge in [0.15, 0.2) is 0 Å². The average molecular weight is 384 g/mol. The number of benzene rings is 2. The monoisotopic (exact) mass is 383 g/mol. The number of hydrogen-bond donors (Lipinski definition) is 1. The molecule has 0 bridgehead atoms. The molecule has 0 unspecified atom stereocenters. The number of fused-ring (bicyclic) bond motifs is 1. The molecule has 130 valence electrons. The Labute approximate surface area is 161 Å². The first-order valence-corrected chi connectivity index (χ1v) is 8.94. The van der Waals surface area contributed by atoms with E-state index in [1.54, 1.807) is 30.6 Å². The highest BCUT2D eigenvalue weighted by atomic mass is 35.5. The maximum Gasteiger partial charge on any atom is 0.257 e. The van der Waals surface area contributed by atoms with Gasteiger partial charge in [-0.05, 0) is 42.3 Å². The number of pyridine rings is 1. The van der Waals surface area contributed by atoms with Crippen molar-refractivity contribution in [1.29, 1.82) is 0 Å². The van der Waals surface area contributed by atoms with Crippen molar-refractivity contribution in [2.24, 2.45) is 0 Å². The number of anilines is 3. The minimum Gasteiger partial charge on any atom is -0.340 e. The Morgan fingerprint density at radius 1 is 1.08 bits per heavy atom. The van der Waals surface area contributed by atoms with Gasteiger partial charge in [0.1, 0.15) is 0 Å². The highest BCUT2D eigenvalue weighted by molar-refractivity contribution is 6.35. The Hall–Kier alpha value is -2.56. The number of nitrogens with zero attached hydrogens (tertiary/aromatic N) is 2. The van der Waals surface area contributed by atoms with E-state index in [0.29, 0.717) is 21.3 Å². The predicted molar refractivity (Wildman–Crippen MR) is 106 cm³/mol. The lowest BCUT2D eigenvalue weighted by atomic mass is 10.2. The van der Waals surface area contributed by atoms with Gasteiger partial charge in [0.2, 0.25) is 0 Å². The van der Waals surface area contributed by atoms with Gasteiger partial charge >= 0.3 is 0 Å². The van der Waals surface area contributed by atoms with E-state index in [1.807, 2.05) is 18.2 Å². The van der Waals surface area contributed by atoms with Crippen molar-refractivity contribution >= 4 is 46.2 Å². The third-order valence-corrected chi connectivity index (χ3v) is 4.93. The van der Waals surface area contributed by atoms with Gasteiger partial charge in [-0.25, -0.2) is 0 Å². The number of amides is 1. The number of aromatic nitrogens is 1. The number of nitrogens with one attached hydrogen (secondary N) is 1. The van der Waals surface area contributed by atoms with Gasteiger partial charge < -0.3 is 10.2 Å². The minimum atomic E-state index is -0.281. The number of para-hydroxylation sites is 1. The van der Waals surface area contributed by atoms with Crippen molar-refractivity contribution in [3.05, 3.63) is 82.1 Å². The summed E-state index contributed by atoms with van der Waals surface area (Å²) in [5.41, 5.74) is 4.28. The molecule has 2 heterocycles. The van der Waals surface area contributed by atoms with Crippen LogP contribution in [-0.2, 0) is 6.42 Å². The largest absolute Gasteiger partial charge is 0.340 e. The number of carbonyl (C=O) groups excluding carboxylic acids is 1. The molecule has 6 heteroatoms. The zero-order valence-electron chi connectivity index (χ0n) is 13.7. The van der Waals surface area contributed by atoms with Crippen molar-refractivity contribution in [2.75, 3.05) is 16.8 Å². The summed E-state index contributed by atoms with van der Waals surface area (Å²) in [5, 5.41) is 3.73. The quantitative estimate of drug-likeness (QED) is 0.664. The average Bonchev–Trinajstić information content (AvgIpc) is 3.09. The predicted octanol–water partition coefficient (Wildman–Crippen LogP) is 5.33. The lowest BCUT2D eigenvalue weighted by Gasteiger charge is -2.19. The fourth-order valence-corrected chi connectivity index (χ4v) is 3.43. The van der Waals surface area contributed by atoms with Crippen molar-refractivity contribution in [3.63, 3.8) is 0 Å². The normalized spacial score (nSPS) is 12.8. The van der Waals surface area contributed by atoms with Crippen LogP contribution >= 0.6 is 23.2 Å². The van der Waals surface area contributed by atoms with Gasteiger partial charge in [-0.1, -0.05) is 41.4 Å². The van der Waals surface area contributed by atoms with E-state index >= 15 is 0 Å². The summed E-state index contributed by atoms with van der Waals surface area (Å²) in [4.78, 5) is 19.0. The second-order valence-electron chi connectivity index (χ2n) is 6.04. The summed E-state index contributed by atoms with van der Waals surface area (Å²) in [6.45, 7) is 0.867. The van der Waals surface area contributed by atoms with Crippen LogP contribution in [0.15, 0.2) is 60.9 Å². The molecule has 1 aliphatic heterocycles. The van der Waals surface area contributed by atoms with Gasteiger partial charge in [-0.2, -0.15) is 0 Å². The molecule has 0 fully saturated rings. The van der Waals surface area contributed by atoms with E-state index in [1.165, 1.54) is 5.56 Å². The summed E-state index contributed by atoms with van der Waals surface area (Å²) < 4.78 is 0. The Morgan fingerprint density at radius 3 is 2.81 bits per heavy atom. The van der Waals surface area contributed by atoms with Crippen LogP contribution < -0.4 is 10.2 Å². The van der Waals surface area contributed by atoms with Crippen molar-refractivity contribution < 1.29 is 4.79 Å². The molecule has 0 radical (unpaired) electrons. The molecule has 0 saturated heterocycles. The summed E-state index contributed by atoms with van der Waals surface area (Å²) in [6.07, 6.45) is 4.29. The summed E-state index contributed by atoms with van der Waals surface area (Å²) in [6, 6.07) is 15.0. The van der Waals surface area contributed by atoms with Crippen molar-refractivity contribution in [3.8, 4) is 0 Å². The molecular formula is C20H15Cl2N3O. The van der Waals surface area contributed by atoms with E-state index in [4.69, 9.17) is 23.2 Å². The van der Waals surface area contributed by atoms with E-state index in [2.05, 4.69) is 27.3 Å². The Balaban J connectivity index is 1.60. The second-order valence-corrected chi connectivity index (χ2v) is 6.88. The molecule has 3 aromatic rings. The number of rotatable bonds is 3. The van der Waals surface area contributed by atoms with E-state index in [0.717, 1.165) is 24.3 Å². The van der Waals surface area contributed by atoms with Crippen LogP contribution in [0.25, 0.3) is 0 Å². The lowest BCUT2D eigenvalue weighted by Crippen LogP contribution is -2.16. The van der Waals surface area contributed by atoms with Gasteiger partial charge in [-0.15, -0.1) is 0 Å². The second kappa shape index (κ2) is 6.98. The first-order chi connectivity index (χ1) is 12.6. The van der Waals surface area contributed by atoms with Crippen LogP contribution in [0, 0.1) is 0 Å². The molecule has 2 aromatic carbocycles. The summed E-state index contributed by atoms with van der Waals surface area (Å²) in [7, 11) is 0. The Kier molecular flexibility index (Phi) is 4.53. The zero-order chi connectivity index (χ0) is 18.1. The highest BCUT2D eigenvalue weighted by Crippen LogP contribution is 2.34. The van der Waals surface area contributed by atoms with Crippen molar-refractivity contribution in [2.45, 2.75) is 6.42 Å². The molecule has 4 nitrogen and oxygen atoms in total. The van der Waals surface area contributed by atoms with Crippen LogP contribution in [0.2, 0.25) is 10.0 Å². The van der Waals surface area contributed by atoms with Gasteiger partial charge in [-0.3, -0.25) is 9.78 Å². The van der Waals surface area contributed by atoms with Gasteiger partial charge in [0.05, 0.1) is 28.2 Å². The van der Waals surface area contributed by atoms with Crippen LogP contribution in [0.5, 0.6) is 0 Å². The molecule has 1 aliphatic rings. The van der Waals surface area contributed by atoms with E-state index in [9.17, 15) is 4.79 Å². The van der Waals surface area contributed by atoms with Gasteiger partial charge in [0, 0.05) is 23.5 Å². The van der Waals surface area contributed by atoms with Gasteiger partial charge in [0.25, 0.3) is 5.91 Å². The smallest absolute Gasteiger partial charge is 0.257 e. The molecule has 0 saturated carbocycles. The highest BCUT2D eigenvalue weighted by Gasteiger charge is 2.21. The molecule has 0 spiro atoms. The molecule has 0 aliphatic carbocycles. The molecule has 1 N–H and O–H groups in total. The maximum atomic E-state index is 12.6. The fraction of sp³-hybridized carbons (Fsp3) is 0.100.